The maximum absolute atomic E-state index is 11.4. The molecule has 2 aliphatic rings. The van der Waals surface area contributed by atoms with Gasteiger partial charge in [-0.3, -0.25) is 5.10 Å². The third-order valence-electron chi connectivity index (χ3n) is 6.42. The van der Waals surface area contributed by atoms with E-state index < -0.39 is 6.09 Å². The SMILES string of the molecule is C[C@@H]1CN(c2ccc(-c3n[nH]c4cnc(N5[C@H](C)CN(C(=O)O)C[C@@H]5C)nc34)cn2)CCN1. The second kappa shape index (κ2) is 8.47. The Kier molecular flexibility index (Phi) is 5.49. The lowest BCUT2D eigenvalue weighted by Gasteiger charge is -2.43. The van der Waals surface area contributed by atoms with Gasteiger partial charge >= 0.3 is 6.09 Å². The zero-order valence-electron chi connectivity index (χ0n) is 19.1. The zero-order chi connectivity index (χ0) is 23.1. The number of H-pyrrole nitrogens is 1. The van der Waals surface area contributed by atoms with Crippen LogP contribution in [0.5, 0.6) is 0 Å². The molecule has 0 aliphatic carbocycles. The summed E-state index contributed by atoms with van der Waals surface area (Å²) in [5, 5.41) is 20.3. The highest BCUT2D eigenvalue weighted by Gasteiger charge is 2.33. The molecule has 33 heavy (non-hydrogen) atoms. The summed E-state index contributed by atoms with van der Waals surface area (Å²) >= 11 is 0. The Balaban J connectivity index is 1.42. The molecule has 3 atom stereocenters. The van der Waals surface area contributed by atoms with Crippen LogP contribution >= 0.6 is 0 Å². The lowest BCUT2D eigenvalue weighted by molar-refractivity contribution is 0.128. The molecule has 11 nitrogen and oxygen atoms in total. The van der Waals surface area contributed by atoms with Gasteiger partial charge in [-0.1, -0.05) is 0 Å². The normalized spacial score (nSPS) is 23.8. The molecule has 0 saturated carbocycles. The fourth-order valence-corrected chi connectivity index (χ4v) is 4.86. The number of nitrogens with zero attached hydrogens (tertiary/aromatic N) is 7. The number of amides is 1. The molecular weight excluding hydrogens is 422 g/mol. The minimum atomic E-state index is -0.895. The summed E-state index contributed by atoms with van der Waals surface area (Å²) in [6.07, 6.45) is 2.69. The molecule has 2 fully saturated rings. The van der Waals surface area contributed by atoms with Gasteiger partial charge in [0, 0.05) is 62.6 Å². The Morgan fingerprint density at radius 3 is 2.55 bits per heavy atom. The number of hydrogen-bond acceptors (Lipinski definition) is 8. The molecular formula is C22H29N9O2. The van der Waals surface area contributed by atoms with Crippen LogP contribution < -0.4 is 15.1 Å². The predicted octanol–water partition coefficient (Wildman–Crippen LogP) is 1.79. The highest BCUT2D eigenvalue weighted by Crippen LogP contribution is 2.28. The van der Waals surface area contributed by atoms with E-state index in [0.717, 1.165) is 47.7 Å². The number of carbonyl (C=O) groups is 1. The summed E-state index contributed by atoms with van der Waals surface area (Å²) in [5.74, 6) is 1.54. The average molecular weight is 452 g/mol. The van der Waals surface area contributed by atoms with Gasteiger partial charge in [0.2, 0.25) is 5.95 Å². The van der Waals surface area contributed by atoms with E-state index in [9.17, 15) is 9.90 Å². The molecule has 3 aromatic rings. The molecule has 0 bridgehead atoms. The highest BCUT2D eigenvalue weighted by molar-refractivity contribution is 5.89. The molecule has 0 unspecified atom stereocenters. The van der Waals surface area contributed by atoms with Crippen LogP contribution in [-0.2, 0) is 0 Å². The minimum Gasteiger partial charge on any atom is -0.465 e. The molecule has 3 N–H and O–H groups in total. The molecule has 0 aromatic carbocycles. The van der Waals surface area contributed by atoms with E-state index in [1.165, 1.54) is 4.90 Å². The van der Waals surface area contributed by atoms with Gasteiger partial charge in [0.05, 0.1) is 6.20 Å². The number of aromatic nitrogens is 5. The van der Waals surface area contributed by atoms with Crippen LogP contribution in [0, 0.1) is 0 Å². The Labute approximate surface area is 191 Å². The van der Waals surface area contributed by atoms with Crippen molar-refractivity contribution in [1.82, 2.24) is 35.4 Å². The van der Waals surface area contributed by atoms with Crippen LogP contribution in [0.2, 0.25) is 0 Å². The van der Waals surface area contributed by atoms with Gasteiger partial charge in [-0.2, -0.15) is 5.10 Å². The molecule has 3 aromatic heterocycles. The lowest BCUT2D eigenvalue weighted by atomic mass is 10.1. The fourth-order valence-electron chi connectivity index (χ4n) is 4.86. The standard InChI is InChI=1S/C22H29N9O2/c1-13-10-29(7-6-23-13)18-5-4-16(8-24-18)19-20-17(27-28-19)9-25-21(26-20)31-14(2)11-30(22(32)33)12-15(31)3/h4-5,8-9,13-15,23H,6-7,10-12H2,1-3H3,(H,27,28)(H,32,33)/t13-,14-,15+/m1/s1. The summed E-state index contributed by atoms with van der Waals surface area (Å²) in [5.41, 5.74) is 3.09. The smallest absolute Gasteiger partial charge is 0.407 e. The monoisotopic (exact) mass is 451 g/mol. The second-order valence-electron chi connectivity index (χ2n) is 9.00. The Morgan fingerprint density at radius 1 is 1.09 bits per heavy atom. The van der Waals surface area contributed by atoms with E-state index in [0.29, 0.717) is 25.1 Å². The van der Waals surface area contributed by atoms with Crippen molar-refractivity contribution in [1.29, 1.82) is 0 Å². The number of hydrogen-bond donors (Lipinski definition) is 3. The minimum absolute atomic E-state index is 0.0416. The van der Waals surface area contributed by atoms with Gasteiger partial charge < -0.3 is 25.1 Å². The lowest BCUT2D eigenvalue weighted by Crippen LogP contribution is -2.58. The van der Waals surface area contributed by atoms with Crippen LogP contribution in [0.1, 0.15) is 20.8 Å². The van der Waals surface area contributed by atoms with Crippen molar-refractivity contribution in [2.45, 2.75) is 38.9 Å². The Morgan fingerprint density at radius 2 is 1.88 bits per heavy atom. The predicted molar refractivity (Wildman–Crippen MR) is 126 cm³/mol. The van der Waals surface area contributed by atoms with Crippen LogP contribution in [0.25, 0.3) is 22.3 Å². The highest BCUT2D eigenvalue weighted by atomic mass is 16.4. The van der Waals surface area contributed by atoms with Crippen molar-refractivity contribution in [3.63, 3.8) is 0 Å². The molecule has 2 saturated heterocycles. The van der Waals surface area contributed by atoms with Crippen molar-refractivity contribution in [2.75, 3.05) is 42.5 Å². The van der Waals surface area contributed by atoms with Gasteiger partial charge in [0.15, 0.2) is 0 Å². The summed E-state index contributed by atoms with van der Waals surface area (Å²) < 4.78 is 0. The van der Waals surface area contributed by atoms with Gasteiger partial charge in [-0.25, -0.2) is 19.7 Å². The van der Waals surface area contributed by atoms with E-state index in [4.69, 9.17) is 9.97 Å². The van der Waals surface area contributed by atoms with E-state index in [-0.39, 0.29) is 12.1 Å². The van der Waals surface area contributed by atoms with Crippen molar-refractivity contribution in [3.8, 4) is 11.3 Å². The number of carboxylic acid groups (broad SMARTS) is 1. The number of pyridine rings is 1. The number of anilines is 2. The van der Waals surface area contributed by atoms with Gasteiger partial charge in [0.25, 0.3) is 0 Å². The molecule has 1 amide bonds. The molecule has 11 heteroatoms. The summed E-state index contributed by atoms with van der Waals surface area (Å²) in [6.45, 7) is 9.81. The molecule has 5 heterocycles. The maximum atomic E-state index is 11.4. The van der Waals surface area contributed by atoms with Crippen LogP contribution in [0.15, 0.2) is 24.5 Å². The van der Waals surface area contributed by atoms with Crippen LogP contribution in [0.3, 0.4) is 0 Å². The fraction of sp³-hybridized carbons (Fsp3) is 0.500. The molecule has 174 valence electrons. The first-order valence-corrected chi connectivity index (χ1v) is 11.3. The topological polar surface area (TPSA) is 126 Å². The number of aromatic amines is 1. The third kappa shape index (κ3) is 4.04. The van der Waals surface area contributed by atoms with Crippen molar-refractivity contribution in [2.24, 2.45) is 0 Å². The summed E-state index contributed by atoms with van der Waals surface area (Å²) in [4.78, 5) is 31.3. The Hall–Kier alpha value is -3.47. The molecule has 5 rings (SSSR count). The number of fused-ring (bicyclic) bond motifs is 1. The van der Waals surface area contributed by atoms with E-state index in [1.54, 1.807) is 6.20 Å². The molecule has 2 aliphatic heterocycles. The molecule has 0 radical (unpaired) electrons. The van der Waals surface area contributed by atoms with Gasteiger partial charge in [-0.15, -0.1) is 0 Å². The average Bonchev–Trinajstić information content (AvgIpc) is 3.22. The van der Waals surface area contributed by atoms with Crippen molar-refractivity contribution < 1.29 is 9.90 Å². The van der Waals surface area contributed by atoms with Gasteiger partial charge in [0.1, 0.15) is 22.5 Å². The first-order valence-electron chi connectivity index (χ1n) is 11.3. The largest absolute Gasteiger partial charge is 0.465 e. The van der Waals surface area contributed by atoms with Crippen LogP contribution in [-0.4, -0.2) is 92.1 Å². The zero-order valence-corrected chi connectivity index (χ0v) is 19.1. The van der Waals surface area contributed by atoms with Crippen LogP contribution in [0.4, 0.5) is 16.6 Å². The number of nitrogens with one attached hydrogen (secondary N) is 2. The first kappa shape index (κ1) is 21.4. The maximum Gasteiger partial charge on any atom is 0.407 e. The quantitative estimate of drug-likeness (QED) is 0.546. The van der Waals surface area contributed by atoms with E-state index in [1.807, 2.05) is 32.2 Å². The van der Waals surface area contributed by atoms with E-state index in [2.05, 4.69) is 37.2 Å². The number of rotatable bonds is 3. The molecule has 0 spiro atoms. The van der Waals surface area contributed by atoms with Crippen molar-refractivity contribution >= 4 is 28.9 Å². The summed E-state index contributed by atoms with van der Waals surface area (Å²) in [7, 11) is 0. The van der Waals surface area contributed by atoms with Gasteiger partial charge in [-0.05, 0) is 32.9 Å². The van der Waals surface area contributed by atoms with E-state index >= 15 is 0 Å². The Bertz CT molecular complexity index is 1140. The van der Waals surface area contributed by atoms with Crippen molar-refractivity contribution in [3.05, 3.63) is 24.5 Å². The first-order chi connectivity index (χ1) is 15.9. The second-order valence-corrected chi connectivity index (χ2v) is 9.00. The number of piperazine rings is 2. The summed E-state index contributed by atoms with van der Waals surface area (Å²) in [6, 6.07) is 4.42. The third-order valence-corrected chi connectivity index (χ3v) is 6.42.